The van der Waals surface area contributed by atoms with E-state index >= 15 is 0 Å². The second kappa shape index (κ2) is 3.67. The molecule has 0 saturated carbocycles. The third-order valence-corrected chi connectivity index (χ3v) is 2.03. The molecule has 0 unspecified atom stereocenters. The molecule has 0 aliphatic heterocycles. The van der Waals surface area contributed by atoms with Crippen molar-refractivity contribution in [2.75, 3.05) is 7.05 Å². The Bertz CT molecular complexity index is 302. The monoisotopic (exact) mass is 230 g/mol. The molecule has 1 aliphatic carbocycles. The van der Waals surface area contributed by atoms with E-state index in [0.717, 1.165) is 0 Å². The lowest BCUT2D eigenvalue weighted by molar-refractivity contribution is 0.655. The zero-order valence-corrected chi connectivity index (χ0v) is 8.07. The molecule has 4 heteroatoms. The highest BCUT2D eigenvalue weighted by molar-refractivity contribution is 9.11. The van der Waals surface area contributed by atoms with E-state index in [-0.39, 0.29) is 11.3 Å². The quantitative estimate of drug-likeness (QED) is 0.713. The highest BCUT2D eigenvalue weighted by Gasteiger charge is 2.15. The van der Waals surface area contributed by atoms with Crippen molar-refractivity contribution in [3.05, 3.63) is 34.2 Å². The van der Waals surface area contributed by atoms with E-state index in [1.54, 1.807) is 7.05 Å². The fourth-order valence-corrected chi connectivity index (χ4v) is 1.20. The minimum absolute atomic E-state index is 0.171. The molecule has 12 heavy (non-hydrogen) atoms. The van der Waals surface area contributed by atoms with E-state index in [1.807, 2.05) is 0 Å². The maximum Gasteiger partial charge on any atom is 0.148 e. The van der Waals surface area contributed by atoms with E-state index < -0.39 is 5.83 Å². The fraction of sp³-hybridized carbons (Fsp3) is 0.125. The van der Waals surface area contributed by atoms with E-state index in [4.69, 9.17) is 5.41 Å². The first kappa shape index (κ1) is 9.19. The van der Waals surface area contributed by atoms with Crippen LogP contribution < -0.4 is 5.32 Å². The lowest BCUT2D eigenvalue weighted by atomic mass is 10.1. The summed E-state index contributed by atoms with van der Waals surface area (Å²) in [5.74, 6) is -0.406. The molecule has 2 N–H and O–H groups in total. The van der Waals surface area contributed by atoms with Gasteiger partial charge in [0.2, 0.25) is 0 Å². The Hall–Kier alpha value is -0.900. The number of hydrogen-bond donors (Lipinski definition) is 2. The predicted octanol–water partition coefficient (Wildman–Crippen LogP) is 2.26. The highest BCUT2D eigenvalue weighted by atomic mass is 79.9. The number of rotatable bonds is 1. The normalized spacial score (nSPS) is 20.6. The van der Waals surface area contributed by atoms with Gasteiger partial charge in [0.25, 0.3) is 0 Å². The van der Waals surface area contributed by atoms with Gasteiger partial charge in [0.05, 0.1) is 15.8 Å². The summed E-state index contributed by atoms with van der Waals surface area (Å²) in [4.78, 5) is 0. The molecule has 0 aromatic heterocycles. The average Bonchev–Trinajstić information content (AvgIpc) is 2.06. The number of allylic oxidation sites excluding steroid dienone is 5. The Labute approximate surface area is 78.5 Å². The predicted molar refractivity (Wildman–Crippen MR) is 51.1 cm³/mol. The van der Waals surface area contributed by atoms with Crippen LogP contribution in [0.1, 0.15) is 0 Å². The summed E-state index contributed by atoms with van der Waals surface area (Å²) in [5.41, 5.74) is 0.442. The van der Waals surface area contributed by atoms with Crippen LogP contribution in [0.5, 0.6) is 0 Å². The molecule has 1 rings (SSSR count). The first-order valence-electron chi connectivity index (χ1n) is 3.37. The Morgan fingerprint density at radius 1 is 1.58 bits per heavy atom. The lowest BCUT2D eigenvalue weighted by Gasteiger charge is -2.09. The molecule has 0 atom stereocenters. The second-order valence-corrected chi connectivity index (χ2v) is 3.11. The maximum atomic E-state index is 13.2. The van der Waals surface area contributed by atoms with E-state index in [9.17, 15) is 4.39 Å². The average molecular weight is 231 g/mol. The Morgan fingerprint density at radius 2 is 2.25 bits per heavy atom. The fourth-order valence-electron chi connectivity index (χ4n) is 0.852. The second-order valence-electron chi connectivity index (χ2n) is 2.26. The number of nitrogens with one attached hydrogen (secondary N) is 2. The van der Waals surface area contributed by atoms with E-state index in [1.165, 1.54) is 18.4 Å². The number of hydrogen-bond acceptors (Lipinski definition) is 2. The summed E-state index contributed by atoms with van der Waals surface area (Å²) in [6.07, 6.45) is 4.52. The molecule has 64 valence electrons. The molecule has 0 spiro atoms. The van der Waals surface area contributed by atoms with Gasteiger partial charge in [0.1, 0.15) is 5.83 Å². The molecule has 0 heterocycles. The molecule has 0 aromatic carbocycles. The SMILES string of the molecule is CN/C=C1\C(=N)C=CC(Br)=C1F. The third kappa shape index (κ3) is 1.64. The van der Waals surface area contributed by atoms with Gasteiger partial charge in [-0.15, -0.1) is 0 Å². The Balaban J connectivity index is 3.09. The van der Waals surface area contributed by atoms with Crippen molar-refractivity contribution >= 4 is 21.6 Å². The molecule has 0 bridgehead atoms. The summed E-state index contributed by atoms with van der Waals surface area (Å²) < 4.78 is 13.6. The molecule has 1 aliphatic rings. The van der Waals surface area contributed by atoms with Crippen LogP contribution in [0.15, 0.2) is 34.2 Å². The summed E-state index contributed by atoms with van der Waals surface area (Å²) in [7, 11) is 1.67. The lowest BCUT2D eigenvalue weighted by Crippen LogP contribution is -2.07. The first-order valence-corrected chi connectivity index (χ1v) is 4.16. The van der Waals surface area contributed by atoms with Crippen LogP contribution in [0, 0.1) is 5.41 Å². The highest BCUT2D eigenvalue weighted by Crippen LogP contribution is 2.26. The van der Waals surface area contributed by atoms with Crippen molar-refractivity contribution < 1.29 is 4.39 Å². The smallest absolute Gasteiger partial charge is 0.148 e. The van der Waals surface area contributed by atoms with Gasteiger partial charge < -0.3 is 10.7 Å². The molecule has 0 aromatic rings. The van der Waals surface area contributed by atoms with Gasteiger partial charge in [0.15, 0.2) is 0 Å². The van der Waals surface area contributed by atoms with Crippen LogP contribution in [0.4, 0.5) is 4.39 Å². The molecule has 0 amide bonds. The summed E-state index contributed by atoms with van der Waals surface area (Å²) in [5, 5.41) is 10.1. The van der Waals surface area contributed by atoms with Crippen molar-refractivity contribution in [3.8, 4) is 0 Å². The zero-order valence-electron chi connectivity index (χ0n) is 6.49. The minimum Gasteiger partial charge on any atom is -0.393 e. The van der Waals surface area contributed by atoms with Crippen LogP contribution in [0.25, 0.3) is 0 Å². The van der Waals surface area contributed by atoms with Crippen LogP contribution in [0.3, 0.4) is 0 Å². The maximum absolute atomic E-state index is 13.2. The largest absolute Gasteiger partial charge is 0.393 e. The first-order chi connectivity index (χ1) is 5.66. The van der Waals surface area contributed by atoms with Crippen LogP contribution in [-0.4, -0.2) is 12.8 Å². The van der Waals surface area contributed by atoms with Gasteiger partial charge in [-0.2, -0.15) is 0 Å². The topological polar surface area (TPSA) is 35.9 Å². The van der Waals surface area contributed by atoms with Gasteiger partial charge in [-0.1, -0.05) is 0 Å². The van der Waals surface area contributed by atoms with Crippen molar-refractivity contribution in [1.82, 2.24) is 5.32 Å². The van der Waals surface area contributed by atoms with Gasteiger partial charge in [0, 0.05) is 13.2 Å². The molecule has 0 radical (unpaired) electrons. The van der Waals surface area contributed by atoms with Crippen LogP contribution in [-0.2, 0) is 0 Å². The molecule has 0 saturated heterocycles. The third-order valence-electron chi connectivity index (χ3n) is 1.42. The van der Waals surface area contributed by atoms with E-state index in [2.05, 4.69) is 21.2 Å². The number of halogens is 2. The summed E-state index contributed by atoms with van der Waals surface area (Å²) in [6, 6.07) is 0. The molecular formula is C8H8BrFN2. The molecule has 2 nitrogen and oxygen atoms in total. The van der Waals surface area contributed by atoms with Crippen LogP contribution in [0.2, 0.25) is 0 Å². The minimum atomic E-state index is -0.406. The Kier molecular flexibility index (Phi) is 2.81. The van der Waals surface area contributed by atoms with Gasteiger partial charge in [-0.3, -0.25) is 0 Å². The van der Waals surface area contributed by atoms with Gasteiger partial charge >= 0.3 is 0 Å². The van der Waals surface area contributed by atoms with Gasteiger partial charge in [-0.25, -0.2) is 4.39 Å². The van der Waals surface area contributed by atoms with Crippen molar-refractivity contribution in [2.45, 2.75) is 0 Å². The zero-order chi connectivity index (χ0) is 9.14. The van der Waals surface area contributed by atoms with Crippen molar-refractivity contribution in [1.29, 1.82) is 5.41 Å². The van der Waals surface area contributed by atoms with Crippen molar-refractivity contribution in [3.63, 3.8) is 0 Å². The summed E-state index contributed by atoms with van der Waals surface area (Å²) >= 11 is 3.04. The van der Waals surface area contributed by atoms with Gasteiger partial charge in [-0.05, 0) is 28.1 Å². The molecular weight excluding hydrogens is 223 g/mol. The molecule has 0 fully saturated rings. The Morgan fingerprint density at radius 3 is 2.83 bits per heavy atom. The van der Waals surface area contributed by atoms with E-state index in [0.29, 0.717) is 4.48 Å². The summed E-state index contributed by atoms with van der Waals surface area (Å²) in [6.45, 7) is 0. The standard InChI is InChI=1S/C8H8BrFN2/c1-12-4-5-7(11)3-2-6(9)8(5)10/h2-4,11-12H,1H3/b5-4+,11-7?. The van der Waals surface area contributed by atoms with Crippen molar-refractivity contribution in [2.24, 2.45) is 0 Å². The van der Waals surface area contributed by atoms with Crippen LogP contribution >= 0.6 is 15.9 Å².